The van der Waals surface area contributed by atoms with E-state index in [0.717, 1.165) is 11.1 Å². The number of nitrogens with zero attached hydrogens (tertiary/aromatic N) is 2. The van der Waals surface area contributed by atoms with Crippen LogP contribution in [0, 0.1) is 5.92 Å². The standard InChI is InChI=1S/C35H43N5O6/c1-23(2)18-27-21-40(35(44)29-9-5-6-16-36-29)22-32(41)37-17-7-8-25-20-26(12-15-31(25)46-4)33(42)39-30(34(43)38-27)19-24-10-13-28(45-3)14-11-24/h5-6,9-16,20,23,27,30H,7-8,17-19,21-22H2,1-4H3,(H,37,41)(H,38,43)(H,39,42)/t27-,30-/m0/s1. The van der Waals surface area contributed by atoms with E-state index in [0.29, 0.717) is 42.9 Å². The van der Waals surface area contributed by atoms with Gasteiger partial charge in [-0.1, -0.05) is 32.0 Å². The molecule has 3 aromatic rings. The Kier molecular flexibility index (Phi) is 12.1. The van der Waals surface area contributed by atoms with Crippen LogP contribution in [-0.4, -0.2) is 79.5 Å². The second kappa shape index (κ2) is 16.4. The van der Waals surface area contributed by atoms with Crippen LogP contribution in [0.25, 0.3) is 0 Å². The zero-order valence-corrected chi connectivity index (χ0v) is 26.9. The molecule has 2 atom stereocenters. The lowest BCUT2D eigenvalue weighted by molar-refractivity contribution is -0.123. The maximum Gasteiger partial charge on any atom is 0.272 e. The van der Waals surface area contributed by atoms with Crippen LogP contribution in [0.4, 0.5) is 0 Å². The molecule has 11 nitrogen and oxygen atoms in total. The second-order valence-electron chi connectivity index (χ2n) is 11.8. The Labute approximate surface area is 270 Å². The predicted octanol–water partition coefficient (Wildman–Crippen LogP) is 3.18. The summed E-state index contributed by atoms with van der Waals surface area (Å²) in [5.74, 6) is -0.0798. The normalized spacial score (nSPS) is 18.2. The highest BCUT2D eigenvalue weighted by Crippen LogP contribution is 2.22. The molecule has 4 rings (SSSR count). The minimum absolute atomic E-state index is 0.0773. The molecular weight excluding hydrogens is 586 g/mol. The van der Waals surface area contributed by atoms with Crippen LogP contribution >= 0.6 is 0 Å². The van der Waals surface area contributed by atoms with Crippen LogP contribution in [0.1, 0.15) is 58.7 Å². The summed E-state index contributed by atoms with van der Waals surface area (Å²) in [6, 6.07) is 16.0. The van der Waals surface area contributed by atoms with E-state index in [1.54, 1.807) is 62.8 Å². The Balaban J connectivity index is 1.70. The highest BCUT2D eigenvalue weighted by Gasteiger charge is 2.29. The van der Waals surface area contributed by atoms with Crippen molar-refractivity contribution in [2.45, 2.75) is 51.6 Å². The van der Waals surface area contributed by atoms with E-state index in [4.69, 9.17) is 9.47 Å². The molecule has 1 aliphatic rings. The van der Waals surface area contributed by atoms with Crippen molar-refractivity contribution in [3.63, 3.8) is 0 Å². The molecule has 11 heteroatoms. The number of ether oxygens (including phenoxy) is 2. The number of aromatic nitrogens is 1. The molecule has 2 heterocycles. The first-order valence-corrected chi connectivity index (χ1v) is 15.5. The zero-order chi connectivity index (χ0) is 33.1. The molecule has 0 radical (unpaired) electrons. The van der Waals surface area contributed by atoms with Gasteiger partial charge in [-0.05, 0) is 78.8 Å². The largest absolute Gasteiger partial charge is 0.497 e. The van der Waals surface area contributed by atoms with Crippen LogP contribution in [0.5, 0.6) is 11.5 Å². The summed E-state index contributed by atoms with van der Waals surface area (Å²) in [7, 11) is 3.14. The molecular formula is C35H43N5O6. The summed E-state index contributed by atoms with van der Waals surface area (Å²) in [5, 5.41) is 8.94. The predicted molar refractivity (Wildman–Crippen MR) is 174 cm³/mol. The van der Waals surface area contributed by atoms with Crippen LogP contribution < -0.4 is 25.4 Å². The van der Waals surface area contributed by atoms with Gasteiger partial charge in [-0.15, -0.1) is 0 Å². The molecule has 3 N–H and O–H groups in total. The Hall–Kier alpha value is -4.93. The third-order valence-electron chi connectivity index (χ3n) is 7.76. The summed E-state index contributed by atoms with van der Waals surface area (Å²) in [6.07, 6.45) is 3.39. The fourth-order valence-electron chi connectivity index (χ4n) is 5.49. The van der Waals surface area contributed by atoms with Crippen molar-refractivity contribution in [1.82, 2.24) is 25.8 Å². The number of methoxy groups -OCH3 is 2. The van der Waals surface area contributed by atoms with E-state index in [1.165, 1.54) is 11.1 Å². The number of nitrogens with one attached hydrogen (secondary N) is 3. The molecule has 2 aromatic carbocycles. The van der Waals surface area contributed by atoms with Gasteiger partial charge in [-0.25, -0.2) is 0 Å². The smallest absolute Gasteiger partial charge is 0.272 e. The van der Waals surface area contributed by atoms with Crippen molar-refractivity contribution in [2.24, 2.45) is 5.92 Å². The van der Waals surface area contributed by atoms with Gasteiger partial charge >= 0.3 is 0 Å². The highest BCUT2D eigenvalue weighted by molar-refractivity contribution is 5.98. The maximum atomic E-state index is 14.0. The first-order chi connectivity index (χ1) is 22.2. The molecule has 0 spiro atoms. The van der Waals surface area contributed by atoms with Crippen LogP contribution in [0.3, 0.4) is 0 Å². The van der Waals surface area contributed by atoms with E-state index in [1.807, 2.05) is 26.0 Å². The van der Waals surface area contributed by atoms with Crippen molar-refractivity contribution in [2.75, 3.05) is 33.9 Å². The van der Waals surface area contributed by atoms with Crippen molar-refractivity contribution in [3.05, 3.63) is 89.2 Å². The third kappa shape index (κ3) is 9.53. The Bertz CT molecular complexity index is 1500. The SMILES string of the molecule is COc1ccc(C[C@@H]2NC(=O)c3ccc(OC)c(c3)CCCNC(=O)CN(C(=O)c3ccccn3)C[C@H](CC(C)C)NC2=O)cc1. The van der Waals surface area contributed by atoms with Crippen LogP contribution in [0.15, 0.2) is 66.9 Å². The van der Waals surface area contributed by atoms with E-state index < -0.39 is 29.8 Å². The lowest BCUT2D eigenvalue weighted by Gasteiger charge is -2.30. The molecule has 2 bridgehead atoms. The van der Waals surface area contributed by atoms with Gasteiger partial charge in [-0.2, -0.15) is 0 Å². The lowest BCUT2D eigenvalue weighted by Crippen LogP contribution is -2.54. The van der Waals surface area contributed by atoms with Gasteiger partial charge in [0.1, 0.15) is 23.2 Å². The number of fused-ring (bicyclic) bond motifs is 2. The molecule has 244 valence electrons. The van der Waals surface area contributed by atoms with Crippen molar-refractivity contribution in [3.8, 4) is 11.5 Å². The maximum absolute atomic E-state index is 14.0. The van der Waals surface area contributed by atoms with Gasteiger partial charge in [-0.3, -0.25) is 24.2 Å². The molecule has 1 aromatic heterocycles. The molecule has 1 aliphatic heterocycles. The molecule has 0 unspecified atom stereocenters. The minimum Gasteiger partial charge on any atom is -0.497 e. The number of hydrogen-bond acceptors (Lipinski definition) is 7. The molecule has 0 saturated carbocycles. The van der Waals surface area contributed by atoms with E-state index in [-0.39, 0.29) is 37.0 Å². The number of carbonyl (C=O) groups excluding carboxylic acids is 4. The summed E-state index contributed by atoms with van der Waals surface area (Å²) in [5.41, 5.74) is 2.22. The fraction of sp³-hybridized carbons (Fsp3) is 0.400. The van der Waals surface area contributed by atoms with Gasteiger partial charge in [0.25, 0.3) is 11.8 Å². The van der Waals surface area contributed by atoms with Gasteiger partial charge in [0.2, 0.25) is 11.8 Å². The average Bonchev–Trinajstić information content (AvgIpc) is 3.05. The number of rotatable bonds is 7. The van der Waals surface area contributed by atoms with E-state index in [2.05, 4.69) is 20.9 Å². The quantitative estimate of drug-likeness (QED) is 0.365. The van der Waals surface area contributed by atoms with E-state index in [9.17, 15) is 19.2 Å². The van der Waals surface area contributed by atoms with Crippen LogP contribution in [0.2, 0.25) is 0 Å². The lowest BCUT2D eigenvalue weighted by atomic mass is 10.00. The van der Waals surface area contributed by atoms with Crippen molar-refractivity contribution in [1.29, 1.82) is 0 Å². The van der Waals surface area contributed by atoms with Gasteiger partial charge in [0.05, 0.1) is 20.8 Å². The number of benzene rings is 2. The summed E-state index contributed by atoms with van der Waals surface area (Å²) in [6.45, 7) is 4.27. The van der Waals surface area contributed by atoms with Crippen LogP contribution in [-0.2, 0) is 22.4 Å². The first-order valence-electron chi connectivity index (χ1n) is 15.5. The summed E-state index contributed by atoms with van der Waals surface area (Å²) in [4.78, 5) is 59.9. The average molecular weight is 630 g/mol. The molecule has 46 heavy (non-hydrogen) atoms. The number of pyridine rings is 1. The molecule has 4 amide bonds. The Morgan fingerprint density at radius 2 is 1.78 bits per heavy atom. The monoisotopic (exact) mass is 629 g/mol. The number of carbonyl (C=O) groups is 4. The number of hydrogen-bond donors (Lipinski definition) is 3. The minimum atomic E-state index is -0.931. The third-order valence-corrected chi connectivity index (χ3v) is 7.76. The topological polar surface area (TPSA) is 139 Å². The Morgan fingerprint density at radius 3 is 2.46 bits per heavy atom. The van der Waals surface area contributed by atoms with Gasteiger partial charge < -0.3 is 30.3 Å². The number of aryl methyl sites for hydroxylation is 1. The highest BCUT2D eigenvalue weighted by atomic mass is 16.5. The zero-order valence-electron chi connectivity index (χ0n) is 26.9. The molecule has 0 fully saturated rings. The van der Waals surface area contributed by atoms with E-state index >= 15 is 0 Å². The summed E-state index contributed by atoms with van der Waals surface area (Å²) < 4.78 is 10.8. The first kappa shape index (κ1) is 34.0. The van der Waals surface area contributed by atoms with Gasteiger partial charge in [0.15, 0.2) is 0 Å². The van der Waals surface area contributed by atoms with Crippen molar-refractivity contribution >= 4 is 23.6 Å². The second-order valence-corrected chi connectivity index (χ2v) is 11.8. The molecule has 0 saturated heterocycles. The number of amides is 4. The molecule has 0 aliphatic carbocycles. The fourth-order valence-corrected chi connectivity index (χ4v) is 5.49. The Morgan fingerprint density at radius 1 is 1.00 bits per heavy atom. The van der Waals surface area contributed by atoms with Gasteiger partial charge in [0, 0.05) is 37.3 Å². The summed E-state index contributed by atoms with van der Waals surface area (Å²) >= 11 is 0. The van der Waals surface area contributed by atoms with Crippen molar-refractivity contribution < 1.29 is 28.7 Å².